The summed E-state index contributed by atoms with van der Waals surface area (Å²) in [6, 6.07) is 7.29. The number of imidazole rings is 1. The van der Waals surface area contributed by atoms with Crippen molar-refractivity contribution >= 4 is 11.7 Å². The lowest BCUT2D eigenvalue weighted by Crippen LogP contribution is -2.49. The Labute approximate surface area is 174 Å². The van der Waals surface area contributed by atoms with E-state index in [-0.39, 0.29) is 5.91 Å². The van der Waals surface area contributed by atoms with Crippen LogP contribution in [0.3, 0.4) is 0 Å². The molecule has 30 heavy (non-hydrogen) atoms. The third kappa shape index (κ3) is 3.78. The number of carbonyl (C=O) groups excluding carboxylic acids is 1. The van der Waals surface area contributed by atoms with Crippen LogP contribution < -0.4 is 14.4 Å². The Morgan fingerprint density at radius 2 is 1.80 bits per heavy atom. The quantitative estimate of drug-likeness (QED) is 0.638. The van der Waals surface area contributed by atoms with Crippen molar-refractivity contribution in [1.82, 2.24) is 24.4 Å². The van der Waals surface area contributed by atoms with Crippen LogP contribution in [0.5, 0.6) is 11.5 Å². The summed E-state index contributed by atoms with van der Waals surface area (Å²) in [6.45, 7) is 4.40. The maximum atomic E-state index is 13.1. The predicted octanol–water partition coefficient (Wildman–Crippen LogP) is 1.95. The van der Waals surface area contributed by atoms with E-state index in [0.717, 1.165) is 11.6 Å². The van der Waals surface area contributed by atoms with Gasteiger partial charge in [0, 0.05) is 44.6 Å². The van der Waals surface area contributed by atoms with E-state index in [0.29, 0.717) is 49.1 Å². The van der Waals surface area contributed by atoms with E-state index >= 15 is 0 Å². The first-order chi connectivity index (χ1) is 14.6. The molecule has 0 atom stereocenters. The molecule has 0 bridgehead atoms. The second-order valence-corrected chi connectivity index (χ2v) is 6.92. The Kier molecular flexibility index (Phi) is 5.51. The Hall–Kier alpha value is -3.62. The van der Waals surface area contributed by atoms with Crippen molar-refractivity contribution in [2.45, 2.75) is 6.92 Å². The average Bonchev–Trinajstić information content (AvgIpc) is 3.33. The predicted molar refractivity (Wildman–Crippen MR) is 112 cm³/mol. The van der Waals surface area contributed by atoms with Gasteiger partial charge in [0.25, 0.3) is 5.91 Å². The molecule has 9 nitrogen and oxygen atoms in total. The fourth-order valence-corrected chi connectivity index (χ4v) is 3.59. The number of amides is 1. The first kappa shape index (κ1) is 19.7. The molecule has 3 heterocycles. The molecule has 2 aromatic heterocycles. The molecule has 0 aliphatic carbocycles. The zero-order valence-electron chi connectivity index (χ0n) is 17.3. The first-order valence-electron chi connectivity index (χ1n) is 9.70. The van der Waals surface area contributed by atoms with Gasteiger partial charge in [0.1, 0.15) is 23.8 Å². The fraction of sp³-hybridized carbons (Fsp3) is 0.333. The number of aryl methyl sites for hydroxylation is 1. The number of para-hydroxylation sites is 1. The number of benzene rings is 1. The maximum absolute atomic E-state index is 13.1. The van der Waals surface area contributed by atoms with Crippen LogP contribution in [0, 0.1) is 6.92 Å². The van der Waals surface area contributed by atoms with E-state index in [1.807, 2.05) is 28.7 Å². The van der Waals surface area contributed by atoms with Gasteiger partial charge in [-0.2, -0.15) is 0 Å². The van der Waals surface area contributed by atoms with Crippen LogP contribution in [0.4, 0.5) is 5.82 Å². The van der Waals surface area contributed by atoms with Crippen LogP contribution in [-0.2, 0) is 0 Å². The molecule has 1 aliphatic heterocycles. The summed E-state index contributed by atoms with van der Waals surface area (Å²) in [5.74, 6) is 3.25. The van der Waals surface area contributed by atoms with Crippen LogP contribution >= 0.6 is 0 Å². The third-order valence-corrected chi connectivity index (χ3v) is 5.10. The lowest BCUT2D eigenvalue weighted by atomic mass is 10.1. The molecule has 0 radical (unpaired) electrons. The van der Waals surface area contributed by atoms with Crippen molar-refractivity contribution in [3.05, 3.63) is 54.4 Å². The largest absolute Gasteiger partial charge is 0.493 e. The average molecular weight is 408 g/mol. The van der Waals surface area contributed by atoms with E-state index < -0.39 is 0 Å². The summed E-state index contributed by atoms with van der Waals surface area (Å²) < 4.78 is 12.6. The molecule has 1 aliphatic rings. The summed E-state index contributed by atoms with van der Waals surface area (Å²) in [7, 11) is 3.11. The fourth-order valence-electron chi connectivity index (χ4n) is 3.59. The molecule has 0 saturated carbocycles. The molecular formula is C21H24N6O3. The highest BCUT2D eigenvalue weighted by molar-refractivity contribution is 5.98. The van der Waals surface area contributed by atoms with Crippen LogP contribution in [0.1, 0.15) is 16.2 Å². The Morgan fingerprint density at radius 3 is 2.47 bits per heavy atom. The number of rotatable bonds is 5. The standard InChI is InChI=1S/C21H24N6O3/c1-15-23-18(13-19(24-15)27-8-7-22-14-27)25-9-11-26(12-10-25)21(28)16-5-4-6-17(29-2)20(16)30-3/h4-8,13-14H,9-12H2,1-3H3. The molecule has 0 N–H and O–H groups in total. The molecule has 4 rings (SSSR count). The number of ether oxygens (including phenoxy) is 2. The molecule has 3 aromatic rings. The molecule has 1 aromatic carbocycles. The van der Waals surface area contributed by atoms with Gasteiger partial charge in [-0.1, -0.05) is 6.07 Å². The van der Waals surface area contributed by atoms with Crippen molar-refractivity contribution in [3.63, 3.8) is 0 Å². The molecule has 1 amide bonds. The van der Waals surface area contributed by atoms with E-state index in [1.165, 1.54) is 0 Å². The third-order valence-electron chi connectivity index (χ3n) is 5.10. The van der Waals surface area contributed by atoms with Crippen LogP contribution in [0.25, 0.3) is 5.82 Å². The number of nitrogens with zero attached hydrogens (tertiary/aromatic N) is 6. The van der Waals surface area contributed by atoms with Crippen molar-refractivity contribution in [2.24, 2.45) is 0 Å². The highest BCUT2D eigenvalue weighted by Crippen LogP contribution is 2.31. The summed E-state index contributed by atoms with van der Waals surface area (Å²) >= 11 is 0. The minimum Gasteiger partial charge on any atom is -0.493 e. The van der Waals surface area contributed by atoms with Gasteiger partial charge in [-0.15, -0.1) is 0 Å². The zero-order valence-corrected chi connectivity index (χ0v) is 17.3. The lowest BCUT2D eigenvalue weighted by Gasteiger charge is -2.35. The number of methoxy groups -OCH3 is 2. The van der Waals surface area contributed by atoms with Gasteiger partial charge in [0.15, 0.2) is 11.5 Å². The number of aromatic nitrogens is 4. The van der Waals surface area contributed by atoms with Crippen molar-refractivity contribution in [2.75, 3.05) is 45.3 Å². The van der Waals surface area contributed by atoms with E-state index in [9.17, 15) is 4.79 Å². The monoisotopic (exact) mass is 408 g/mol. The van der Waals surface area contributed by atoms with Gasteiger partial charge in [0.2, 0.25) is 0 Å². The molecule has 1 saturated heterocycles. The maximum Gasteiger partial charge on any atom is 0.257 e. The Balaban J connectivity index is 1.49. The van der Waals surface area contributed by atoms with Crippen molar-refractivity contribution < 1.29 is 14.3 Å². The lowest BCUT2D eigenvalue weighted by molar-refractivity contribution is 0.0742. The highest BCUT2D eigenvalue weighted by Gasteiger charge is 2.26. The topological polar surface area (TPSA) is 85.6 Å². The summed E-state index contributed by atoms with van der Waals surface area (Å²) in [5.41, 5.74) is 0.505. The van der Waals surface area contributed by atoms with Crippen molar-refractivity contribution in [3.8, 4) is 17.3 Å². The van der Waals surface area contributed by atoms with Gasteiger partial charge in [0.05, 0.1) is 19.8 Å². The second-order valence-electron chi connectivity index (χ2n) is 6.92. The van der Waals surface area contributed by atoms with E-state index in [1.54, 1.807) is 44.9 Å². The van der Waals surface area contributed by atoms with Crippen molar-refractivity contribution in [1.29, 1.82) is 0 Å². The molecule has 9 heteroatoms. The number of anilines is 1. The molecule has 156 valence electrons. The van der Waals surface area contributed by atoms with Crippen LogP contribution in [0.2, 0.25) is 0 Å². The first-order valence-corrected chi connectivity index (χ1v) is 9.70. The van der Waals surface area contributed by atoms with E-state index in [4.69, 9.17) is 9.47 Å². The van der Waals surface area contributed by atoms with Gasteiger partial charge >= 0.3 is 0 Å². The normalized spacial score (nSPS) is 14.0. The van der Waals surface area contributed by atoms with E-state index in [2.05, 4.69) is 19.9 Å². The minimum absolute atomic E-state index is 0.0663. The zero-order chi connectivity index (χ0) is 21.1. The number of carbonyl (C=O) groups is 1. The van der Waals surface area contributed by atoms with Gasteiger partial charge in [-0.3, -0.25) is 9.36 Å². The Bertz CT molecular complexity index is 1030. The van der Waals surface area contributed by atoms with Gasteiger partial charge in [-0.05, 0) is 19.1 Å². The Morgan fingerprint density at radius 1 is 1.03 bits per heavy atom. The molecular weight excluding hydrogens is 384 g/mol. The second kappa shape index (κ2) is 8.40. The summed E-state index contributed by atoms with van der Waals surface area (Å²) in [4.78, 5) is 30.2. The van der Waals surface area contributed by atoms with Crippen LogP contribution in [0.15, 0.2) is 43.0 Å². The number of hydrogen-bond acceptors (Lipinski definition) is 7. The van der Waals surface area contributed by atoms with Gasteiger partial charge in [-0.25, -0.2) is 15.0 Å². The minimum atomic E-state index is -0.0663. The summed E-state index contributed by atoms with van der Waals surface area (Å²) in [6.07, 6.45) is 5.28. The highest BCUT2D eigenvalue weighted by atomic mass is 16.5. The molecule has 1 fully saturated rings. The smallest absolute Gasteiger partial charge is 0.257 e. The number of piperazine rings is 1. The van der Waals surface area contributed by atoms with Gasteiger partial charge < -0.3 is 19.3 Å². The van der Waals surface area contributed by atoms with Crippen LogP contribution in [-0.4, -0.2) is 70.7 Å². The number of hydrogen-bond donors (Lipinski definition) is 0. The summed E-state index contributed by atoms with van der Waals surface area (Å²) in [5, 5.41) is 0. The SMILES string of the molecule is COc1cccc(C(=O)N2CCN(c3cc(-n4ccnc4)nc(C)n3)CC2)c1OC. The molecule has 0 unspecified atom stereocenters. The molecule has 0 spiro atoms.